The van der Waals surface area contributed by atoms with Gasteiger partial charge >= 0.3 is 0 Å². The lowest BCUT2D eigenvalue weighted by Crippen LogP contribution is -2.34. The molecule has 0 spiro atoms. The van der Waals surface area contributed by atoms with Gasteiger partial charge in [-0.2, -0.15) is 0 Å². The van der Waals surface area contributed by atoms with Crippen LogP contribution in [0.15, 0.2) is 64.3 Å². The molecule has 10 heteroatoms. The van der Waals surface area contributed by atoms with E-state index in [1.807, 2.05) is 6.07 Å². The van der Waals surface area contributed by atoms with E-state index in [0.717, 1.165) is 0 Å². The van der Waals surface area contributed by atoms with Gasteiger partial charge in [-0.3, -0.25) is 14.3 Å². The van der Waals surface area contributed by atoms with Gasteiger partial charge in [-0.15, -0.1) is 0 Å². The predicted molar refractivity (Wildman–Crippen MR) is 111 cm³/mol. The molecule has 1 amide bonds. The van der Waals surface area contributed by atoms with Gasteiger partial charge in [0.2, 0.25) is 15.9 Å². The van der Waals surface area contributed by atoms with Crippen molar-refractivity contribution < 1.29 is 13.2 Å². The molecule has 0 atom stereocenters. The summed E-state index contributed by atoms with van der Waals surface area (Å²) >= 11 is 5.76. The fourth-order valence-electron chi connectivity index (χ4n) is 2.75. The quantitative estimate of drug-likeness (QED) is 0.619. The van der Waals surface area contributed by atoms with Gasteiger partial charge in [-0.25, -0.2) is 17.8 Å². The largest absolute Gasteiger partial charge is 0.319 e. The minimum absolute atomic E-state index is 0.0166. The highest BCUT2D eigenvalue weighted by Crippen LogP contribution is 2.15. The van der Waals surface area contributed by atoms with Crippen molar-refractivity contribution in [2.75, 3.05) is 11.9 Å². The van der Waals surface area contributed by atoms with E-state index in [2.05, 4.69) is 10.0 Å². The van der Waals surface area contributed by atoms with Crippen LogP contribution in [0, 0.1) is 6.92 Å². The number of hydrogen-bond acceptors (Lipinski definition) is 4. The lowest BCUT2D eigenvalue weighted by atomic mass is 10.3. The van der Waals surface area contributed by atoms with Crippen molar-refractivity contribution in [1.29, 1.82) is 0 Å². The molecule has 0 aliphatic rings. The van der Waals surface area contributed by atoms with E-state index in [0.29, 0.717) is 16.4 Å². The molecular weight excluding hydrogens is 416 g/mol. The molecule has 0 unspecified atom stereocenters. The Balaban J connectivity index is 1.76. The fraction of sp³-hybridized carbons (Fsp3) is 0.158. The highest BCUT2D eigenvalue weighted by atomic mass is 35.5. The monoisotopic (exact) mass is 434 g/mol. The SMILES string of the molecule is Cc1c(NC(=O)CNS(=O)(=O)c2ccc(Cl)cc2)c(=O)n(-c2ccccc2)n1C. The number of anilines is 1. The first-order chi connectivity index (χ1) is 13.7. The molecule has 152 valence electrons. The van der Waals surface area contributed by atoms with E-state index in [1.54, 1.807) is 42.9 Å². The van der Waals surface area contributed by atoms with Crippen LogP contribution in [0.2, 0.25) is 5.02 Å². The Labute approximate surface area is 172 Å². The lowest BCUT2D eigenvalue weighted by molar-refractivity contribution is -0.115. The summed E-state index contributed by atoms with van der Waals surface area (Å²) in [6, 6.07) is 14.5. The third kappa shape index (κ3) is 4.42. The summed E-state index contributed by atoms with van der Waals surface area (Å²) in [6.07, 6.45) is 0. The molecule has 1 aromatic heterocycles. The molecule has 0 aliphatic heterocycles. The van der Waals surface area contributed by atoms with Crippen LogP contribution in [0.3, 0.4) is 0 Å². The zero-order valence-corrected chi connectivity index (χ0v) is 17.3. The molecular formula is C19H19ClN4O4S. The Bertz CT molecular complexity index is 1200. The summed E-state index contributed by atoms with van der Waals surface area (Å²) in [6.45, 7) is 1.17. The van der Waals surface area contributed by atoms with Crippen molar-refractivity contribution in [3.8, 4) is 5.69 Å². The Hall–Kier alpha value is -2.88. The molecule has 2 aromatic carbocycles. The average molecular weight is 435 g/mol. The van der Waals surface area contributed by atoms with Crippen LogP contribution in [0.25, 0.3) is 5.69 Å². The van der Waals surface area contributed by atoms with Crippen LogP contribution in [-0.4, -0.2) is 30.2 Å². The molecule has 3 aromatic rings. The van der Waals surface area contributed by atoms with Gasteiger partial charge in [-0.1, -0.05) is 29.8 Å². The number of hydrogen-bond donors (Lipinski definition) is 2. The number of nitrogens with one attached hydrogen (secondary N) is 2. The molecule has 3 rings (SSSR count). The number of carbonyl (C=O) groups excluding carboxylic acids is 1. The zero-order chi connectivity index (χ0) is 21.2. The van der Waals surface area contributed by atoms with Gasteiger partial charge in [0.15, 0.2) is 0 Å². The zero-order valence-electron chi connectivity index (χ0n) is 15.7. The van der Waals surface area contributed by atoms with E-state index >= 15 is 0 Å². The van der Waals surface area contributed by atoms with Crippen LogP contribution >= 0.6 is 11.6 Å². The third-order valence-corrected chi connectivity index (χ3v) is 6.03. The average Bonchev–Trinajstić information content (AvgIpc) is 2.91. The fourth-order valence-corrected chi connectivity index (χ4v) is 3.86. The Morgan fingerprint density at radius 3 is 2.31 bits per heavy atom. The molecule has 0 bridgehead atoms. The van der Waals surface area contributed by atoms with Crippen LogP contribution in [0.1, 0.15) is 5.69 Å². The lowest BCUT2D eigenvalue weighted by Gasteiger charge is -2.07. The summed E-state index contributed by atoms with van der Waals surface area (Å²) in [4.78, 5) is 25.1. The number of para-hydroxylation sites is 1. The second kappa shape index (κ2) is 8.24. The van der Waals surface area contributed by atoms with E-state index in [4.69, 9.17) is 11.6 Å². The van der Waals surface area contributed by atoms with Crippen molar-refractivity contribution in [1.82, 2.24) is 14.1 Å². The Kier molecular flexibility index (Phi) is 5.92. The van der Waals surface area contributed by atoms with Crippen molar-refractivity contribution in [3.63, 3.8) is 0 Å². The smallest absolute Gasteiger partial charge is 0.295 e. The van der Waals surface area contributed by atoms with Gasteiger partial charge in [0.05, 0.1) is 22.8 Å². The standard InChI is InChI=1S/C19H19ClN4O4S/c1-13-18(19(26)24(23(13)2)15-6-4-3-5-7-15)22-17(25)12-21-29(27,28)16-10-8-14(20)9-11-16/h3-11,21H,12H2,1-2H3,(H,22,25). The molecule has 0 aliphatic carbocycles. The van der Waals surface area contributed by atoms with Crippen molar-refractivity contribution >= 4 is 33.2 Å². The maximum absolute atomic E-state index is 12.8. The summed E-state index contributed by atoms with van der Waals surface area (Å²) in [7, 11) is -2.19. The molecule has 29 heavy (non-hydrogen) atoms. The predicted octanol–water partition coefficient (Wildman–Crippen LogP) is 2.05. The first-order valence-electron chi connectivity index (χ1n) is 8.60. The van der Waals surface area contributed by atoms with Crippen LogP contribution in [-0.2, 0) is 21.9 Å². The first kappa shape index (κ1) is 20.8. The number of sulfonamides is 1. The number of nitrogens with zero attached hydrogens (tertiary/aromatic N) is 2. The Morgan fingerprint density at radius 2 is 1.69 bits per heavy atom. The minimum atomic E-state index is -3.89. The topological polar surface area (TPSA) is 102 Å². The maximum atomic E-state index is 12.8. The van der Waals surface area contributed by atoms with Crippen LogP contribution in [0.5, 0.6) is 0 Å². The number of aromatic nitrogens is 2. The summed E-state index contributed by atoms with van der Waals surface area (Å²) in [5.74, 6) is -0.659. The number of rotatable bonds is 6. The van der Waals surface area contributed by atoms with Crippen molar-refractivity contribution in [2.45, 2.75) is 11.8 Å². The molecule has 0 saturated heterocycles. The van der Waals surface area contributed by atoms with E-state index in [9.17, 15) is 18.0 Å². The molecule has 0 radical (unpaired) electrons. The van der Waals surface area contributed by atoms with E-state index < -0.39 is 28.0 Å². The second-order valence-electron chi connectivity index (χ2n) is 6.26. The molecule has 8 nitrogen and oxygen atoms in total. The van der Waals surface area contributed by atoms with Crippen molar-refractivity contribution in [3.05, 3.63) is 75.7 Å². The summed E-state index contributed by atoms with van der Waals surface area (Å²) in [5.41, 5.74) is 0.858. The number of halogens is 1. The number of amides is 1. The molecule has 2 N–H and O–H groups in total. The summed E-state index contributed by atoms with van der Waals surface area (Å²) < 4.78 is 29.8. The van der Waals surface area contributed by atoms with Gasteiger partial charge in [0.25, 0.3) is 5.56 Å². The normalized spacial score (nSPS) is 11.4. The first-order valence-corrected chi connectivity index (χ1v) is 10.5. The maximum Gasteiger partial charge on any atom is 0.295 e. The van der Waals surface area contributed by atoms with Gasteiger partial charge < -0.3 is 5.32 Å². The highest BCUT2D eigenvalue weighted by molar-refractivity contribution is 7.89. The minimum Gasteiger partial charge on any atom is -0.319 e. The van der Waals surface area contributed by atoms with Gasteiger partial charge in [-0.05, 0) is 43.3 Å². The van der Waals surface area contributed by atoms with Crippen LogP contribution < -0.4 is 15.6 Å². The third-order valence-electron chi connectivity index (χ3n) is 4.37. The molecule has 1 heterocycles. The summed E-state index contributed by atoms with van der Waals surface area (Å²) in [5, 5.41) is 2.90. The van der Waals surface area contributed by atoms with Gasteiger partial charge in [0.1, 0.15) is 5.69 Å². The van der Waals surface area contributed by atoms with Crippen molar-refractivity contribution in [2.24, 2.45) is 7.05 Å². The van der Waals surface area contributed by atoms with E-state index in [-0.39, 0.29) is 10.6 Å². The second-order valence-corrected chi connectivity index (χ2v) is 8.47. The number of carbonyl (C=O) groups is 1. The van der Waals surface area contributed by atoms with Crippen LogP contribution in [0.4, 0.5) is 5.69 Å². The van der Waals surface area contributed by atoms with Gasteiger partial charge in [0, 0.05) is 12.1 Å². The highest BCUT2D eigenvalue weighted by Gasteiger charge is 2.20. The molecule has 0 fully saturated rings. The Morgan fingerprint density at radius 1 is 1.07 bits per heavy atom. The molecule has 0 saturated carbocycles. The van der Waals surface area contributed by atoms with E-state index in [1.165, 1.54) is 28.9 Å². The number of benzene rings is 2.